The van der Waals surface area contributed by atoms with E-state index < -0.39 is 0 Å². The third kappa shape index (κ3) is 7.64. The van der Waals surface area contributed by atoms with Crippen molar-refractivity contribution in [3.8, 4) is 11.5 Å². The fourth-order valence-electron chi connectivity index (χ4n) is 2.73. The Bertz CT molecular complexity index is 574. The molecule has 2 rings (SSSR count). The first-order valence-corrected chi connectivity index (χ1v) is 9.70. The van der Waals surface area contributed by atoms with Gasteiger partial charge in [0.25, 0.3) is 0 Å². The standard InChI is InChI=1S/C20H33N3O4/c1-4-10-27-18-7-6-16(13-19(18)24-3)14-23-20(21-2)22-9-5-11-26-17-8-12-25-15-17/h6-7,13,17H,4-5,8-12,14-15H2,1-3H3,(H2,21,22,23). The zero-order valence-corrected chi connectivity index (χ0v) is 16.8. The van der Waals surface area contributed by atoms with Gasteiger partial charge in [0.15, 0.2) is 17.5 Å². The maximum atomic E-state index is 5.76. The van der Waals surface area contributed by atoms with Gasteiger partial charge in [0, 0.05) is 33.4 Å². The smallest absolute Gasteiger partial charge is 0.191 e. The fraction of sp³-hybridized carbons (Fsp3) is 0.650. The average Bonchev–Trinajstić information content (AvgIpc) is 3.22. The summed E-state index contributed by atoms with van der Waals surface area (Å²) in [5, 5.41) is 6.62. The highest BCUT2D eigenvalue weighted by molar-refractivity contribution is 5.79. The number of nitrogens with zero attached hydrogens (tertiary/aromatic N) is 1. The second-order valence-electron chi connectivity index (χ2n) is 6.40. The Morgan fingerprint density at radius 1 is 1.26 bits per heavy atom. The second-order valence-corrected chi connectivity index (χ2v) is 6.40. The van der Waals surface area contributed by atoms with E-state index in [1.54, 1.807) is 14.2 Å². The molecule has 0 aromatic heterocycles. The Kier molecular flexibility index (Phi) is 9.79. The molecule has 1 saturated heterocycles. The molecular weight excluding hydrogens is 346 g/mol. The van der Waals surface area contributed by atoms with Gasteiger partial charge < -0.3 is 29.6 Å². The molecule has 1 atom stereocenters. The molecule has 0 saturated carbocycles. The van der Waals surface area contributed by atoms with E-state index in [4.69, 9.17) is 18.9 Å². The number of guanidine groups is 1. The summed E-state index contributed by atoms with van der Waals surface area (Å²) in [6.07, 6.45) is 3.16. The highest BCUT2D eigenvalue weighted by atomic mass is 16.5. The number of rotatable bonds is 11. The Hall–Kier alpha value is -1.99. The molecule has 0 radical (unpaired) electrons. The van der Waals surface area contributed by atoms with Gasteiger partial charge in [-0.2, -0.15) is 0 Å². The molecule has 1 aliphatic rings. The molecule has 1 aromatic rings. The lowest BCUT2D eigenvalue weighted by atomic mass is 10.2. The van der Waals surface area contributed by atoms with Crippen molar-refractivity contribution in [3.63, 3.8) is 0 Å². The lowest BCUT2D eigenvalue weighted by Gasteiger charge is -2.15. The number of benzene rings is 1. The van der Waals surface area contributed by atoms with E-state index in [0.29, 0.717) is 13.2 Å². The van der Waals surface area contributed by atoms with Crippen LogP contribution in [0.5, 0.6) is 11.5 Å². The van der Waals surface area contributed by atoms with E-state index in [1.807, 2.05) is 18.2 Å². The van der Waals surface area contributed by atoms with Crippen LogP contribution in [0.4, 0.5) is 0 Å². The van der Waals surface area contributed by atoms with Crippen LogP contribution in [0.3, 0.4) is 0 Å². The first-order valence-electron chi connectivity index (χ1n) is 9.70. The van der Waals surface area contributed by atoms with Gasteiger partial charge in [0.1, 0.15) is 0 Å². The number of aliphatic imine (C=N–C) groups is 1. The summed E-state index contributed by atoms with van der Waals surface area (Å²) in [5.74, 6) is 2.29. The van der Waals surface area contributed by atoms with Crippen LogP contribution in [0.2, 0.25) is 0 Å². The minimum atomic E-state index is 0.265. The fourth-order valence-corrected chi connectivity index (χ4v) is 2.73. The number of nitrogens with one attached hydrogen (secondary N) is 2. The third-order valence-electron chi connectivity index (χ3n) is 4.23. The maximum absolute atomic E-state index is 5.76. The minimum Gasteiger partial charge on any atom is -0.493 e. The first kappa shape index (κ1) is 21.3. The molecule has 0 aliphatic carbocycles. The third-order valence-corrected chi connectivity index (χ3v) is 4.23. The molecule has 0 bridgehead atoms. The van der Waals surface area contributed by atoms with E-state index in [2.05, 4.69) is 22.5 Å². The first-order chi connectivity index (χ1) is 13.3. The zero-order valence-electron chi connectivity index (χ0n) is 16.8. The van der Waals surface area contributed by atoms with Crippen molar-refractivity contribution in [2.75, 3.05) is 47.1 Å². The van der Waals surface area contributed by atoms with Gasteiger partial charge in [-0.25, -0.2) is 0 Å². The molecule has 1 heterocycles. The summed E-state index contributed by atoms with van der Waals surface area (Å²) in [6, 6.07) is 5.97. The summed E-state index contributed by atoms with van der Waals surface area (Å²) in [6.45, 7) is 6.49. The number of hydrogen-bond acceptors (Lipinski definition) is 5. The zero-order chi connectivity index (χ0) is 19.3. The maximum Gasteiger partial charge on any atom is 0.191 e. The van der Waals surface area contributed by atoms with Crippen LogP contribution >= 0.6 is 0 Å². The highest BCUT2D eigenvalue weighted by Gasteiger charge is 2.15. The molecule has 1 unspecified atom stereocenters. The monoisotopic (exact) mass is 379 g/mol. The number of ether oxygens (including phenoxy) is 4. The summed E-state index contributed by atoms with van der Waals surface area (Å²) in [5.41, 5.74) is 1.10. The number of hydrogen-bond donors (Lipinski definition) is 2. The topological polar surface area (TPSA) is 73.3 Å². The summed E-state index contributed by atoms with van der Waals surface area (Å²) < 4.78 is 22.2. The average molecular weight is 380 g/mol. The molecule has 7 heteroatoms. The molecule has 7 nitrogen and oxygen atoms in total. The van der Waals surface area contributed by atoms with E-state index in [9.17, 15) is 0 Å². The van der Waals surface area contributed by atoms with Crippen molar-refractivity contribution in [1.29, 1.82) is 0 Å². The molecular formula is C20H33N3O4. The summed E-state index contributed by atoms with van der Waals surface area (Å²) in [4.78, 5) is 4.26. The SMILES string of the molecule is CCCOc1ccc(CNC(=NC)NCCCOC2CCOC2)cc1OC. The molecule has 0 spiro atoms. The molecule has 27 heavy (non-hydrogen) atoms. The van der Waals surface area contributed by atoms with Crippen LogP contribution in [0.1, 0.15) is 31.7 Å². The predicted molar refractivity (Wildman–Crippen MR) is 107 cm³/mol. The highest BCUT2D eigenvalue weighted by Crippen LogP contribution is 2.28. The molecule has 1 aromatic carbocycles. The van der Waals surface area contributed by atoms with Crippen molar-refractivity contribution in [3.05, 3.63) is 23.8 Å². The molecule has 2 N–H and O–H groups in total. The van der Waals surface area contributed by atoms with Crippen LogP contribution in [0.25, 0.3) is 0 Å². The van der Waals surface area contributed by atoms with E-state index in [-0.39, 0.29) is 6.10 Å². The van der Waals surface area contributed by atoms with Crippen molar-refractivity contribution < 1.29 is 18.9 Å². The van der Waals surface area contributed by atoms with Gasteiger partial charge in [-0.3, -0.25) is 4.99 Å². The molecule has 152 valence electrons. The lowest BCUT2D eigenvalue weighted by Crippen LogP contribution is -2.37. The quantitative estimate of drug-likeness (QED) is 0.349. The second kappa shape index (κ2) is 12.4. The van der Waals surface area contributed by atoms with Crippen LogP contribution in [0.15, 0.2) is 23.2 Å². The molecule has 1 aliphatic heterocycles. The van der Waals surface area contributed by atoms with E-state index >= 15 is 0 Å². The largest absolute Gasteiger partial charge is 0.493 e. The van der Waals surface area contributed by atoms with Gasteiger partial charge in [0.05, 0.1) is 26.4 Å². The van der Waals surface area contributed by atoms with Crippen LogP contribution < -0.4 is 20.1 Å². The van der Waals surface area contributed by atoms with Crippen molar-refractivity contribution in [1.82, 2.24) is 10.6 Å². The van der Waals surface area contributed by atoms with Gasteiger partial charge >= 0.3 is 0 Å². The van der Waals surface area contributed by atoms with Crippen molar-refractivity contribution in [2.45, 2.75) is 38.8 Å². The van der Waals surface area contributed by atoms with Crippen LogP contribution in [-0.2, 0) is 16.0 Å². The van der Waals surface area contributed by atoms with Gasteiger partial charge in [-0.05, 0) is 37.0 Å². The Labute approximate surface area is 162 Å². The Morgan fingerprint density at radius 3 is 2.85 bits per heavy atom. The lowest BCUT2D eigenvalue weighted by molar-refractivity contribution is 0.0420. The van der Waals surface area contributed by atoms with Crippen LogP contribution in [0, 0.1) is 0 Å². The van der Waals surface area contributed by atoms with Crippen molar-refractivity contribution in [2.24, 2.45) is 4.99 Å². The summed E-state index contributed by atoms with van der Waals surface area (Å²) >= 11 is 0. The Balaban J connectivity index is 1.69. The van der Waals surface area contributed by atoms with Gasteiger partial charge in [0.2, 0.25) is 0 Å². The van der Waals surface area contributed by atoms with Gasteiger partial charge in [-0.1, -0.05) is 13.0 Å². The molecule has 1 fully saturated rings. The summed E-state index contributed by atoms with van der Waals surface area (Å²) in [7, 11) is 3.43. The normalized spacial score (nSPS) is 17.0. The van der Waals surface area contributed by atoms with E-state index in [1.165, 1.54) is 0 Å². The molecule has 0 amide bonds. The van der Waals surface area contributed by atoms with E-state index in [0.717, 1.165) is 68.6 Å². The van der Waals surface area contributed by atoms with Crippen LogP contribution in [-0.4, -0.2) is 59.2 Å². The minimum absolute atomic E-state index is 0.265. The van der Waals surface area contributed by atoms with Gasteiger partial charge in [-0.15, -0.1) is 0 Å². The Morgan fingerprint density at radius 2 is 2.15 bits per heavy atom. The predicted octanol–water partition coefficient (Wildman–Crippen LogP) is 2.34. The number of methoxy groups -OCH3 is 1. The van der Waals surface area contributed by atoms with Crippen molar-refractivity contribution >= 4 is 5.96 Å².